The van der Waals surface area contributed by atoms with Gasteiger partial charge in [-0.2, -0.15) is 0 Å². The van der Waals surface area contributed by atoms with Crippen LogP contribution in [0.25, 0.3) is 0 Å². The van der Waals surface area contributed by atoms with Gasteiger partial charge in [0, 0.05) is 6.54 Å². The molecule has 0 aromatic heterocycles. The summed E-state index contributed by atoms with van der Waals surface area (Å²) in [6.07, 6.45) is -3.21. The van der Waals surface area contributed by atoms with E-state index in [1.165, 1.54) is 6.92 Å². The number of benzene rings is 2. The molecule has 3 amide bonds. The number of rotatable bonds is 13. The third-order valence-corrected chi connectivity index (χ3v) is 5.65. The Morgan fingerprint density at radius 1 is 0.892 bits per heavy atom. The Morgan fingerprint density at radius 3 is 2.00 bits per heavy atom. The maximum absolute atomic E-state index is 14.9. The molecule has 10 heteroatoms. The van der Waals surface area contributed by atoms with E-state index in [1.807, 2.05) is 11.4 Å². The molecule has 3 atom stereocenters. The van der Waals surface area contributed by atoms with Crippen LogP contribution < -0.4 is 16.0 Å². The van der Waals surface area contributed by atoms with Gasteiger partial charge < -0.3 is 25.8 Å². The lowest BCUT2D eigenvalue weighted by atomic mass is 9.95. The lowest BCUT2D eigenvalue weighted by Crippen LogP contribution is -2.56. The van der Waals surface area contributed by atoms with E-state index in [-0.39, 0.29) is 25.5 Å². The second-order valence-corrected chi connectivity index (χ2v) is 9.29. The number of nitrogens with one attached hydrogen (secondary N) is 3. The van der Waals surface area contributed by atoms with Gasteiger partial charge in [-0.25, -0.2) is 13.6 Å². The van der Waals surface area contributed by atoms with Crippen molar-refractivity contribution in [3.05, 3.63) is 71.8 Å². The van der Waals surface area contributed by atoms with Gasteiger partial charge in [-0.1, -0.05) is 74.5 Å². The standard InChI is InChI=1S/C27H35F2N3O5/c1-18(2)14-22(32-26(36)37-16-21-12-8-5-9-13-21)23(33)27(28,29)17-31-25(35)19(3)24(34)30-15-20-10-6-4-7-11-20/h4-13,18-19,22-23,33H,14-17H2,1-3H3,(H,30,34)(H,31,35)(H,32,36). The predicted octanol–water partition coefficient (Wildman–Crippen LogP) is 3.39. The highest BCUT2D eigenvalue weighted by Crippen LogP contribution is 2.24. The van der Waals surface area contributed by atoms with Crippen LogP contribution in [0.15, 0.2) is 60.7 Å². The van der Waals surface area contributed by atoms with Gasteiger partial charge in [0.05, 0.1) is 12.6 Å². The Kier molecular flexibility index (Phi) is 11.5. The SMILES string of the molecule is CC(C)CC(NC(=O)OCc1ccccc1)C(O)C(F)(F)CNC(=O)C(C)C(=O)NCc1ccccc1. The first-order chi connectivity index (χ1) is 17.5. The van der Waals surface area contributed by atoms with Crippen molar-refractivity contribution in [3.8, 4) is 0 Å². The molecule has 0 aliphatic rings. The number of carbonyl (C=O) groups excluding carboxylic acids is 3. The molecular formula is C27H35F2N3O5. The first-order valence-electron chi connectivity index (χ1n) is 12.1. The van der Waals surface area contributed by atoms with Gasteiger partial charge >= 0.3 is 6.09 Å². The quantitative estimate of drug-likeness (QED) is 0.303. The first-order valence-corrected chi connectivity index (χ1v) is 12.1. The van der Waals surface area contributed by atoms with E-state index in [9.17, 15) is 28.3 Å². The van der Waals surface area contributed by atoms with Crippen LogP contribution in [-0.2, 0) is 27.5 Å². The Balaban J connectivity index is 1.90. The second kappa shape index (κ2) is 14.3. The van der Waals surface area contributed by atoms with Crippen LogP contribution in [0.2, 0.25) is 0 Å². The Labute approximate surface area is 215 Å². The molecule has 0 radical (unpaired) electrons. The molecule has 2 aromatic carbocycles. The monoisotopic (exact) mass is 519 g/mol. The van der Waals surface area contributed by atoms with Crippen molar-refractivity contribution >= 4 is 17.9 Å². The number of amides is 3. The van der Waals surface area contributed by atoms with Crippen molar-refractivity contribution in [3.63, 3.8) is 0 Å². The van der Waals surface area contributed by atoms with Crippen molar-refractivity contribution in [2.24, 2.45) is 11.8 Å². The molecule has 202 valence electrons. The van der Waals surface area contributed by atoms with Crippen LogP contribution in [0, 0.1) is 11.8 Å². The van der Waals surface area contributed by atoms with Gasteiger partial charge in [0.1, 0.15) is 18.6 Å². The van der Waals surface area contributed by atoms with Crippen LogP contribution in [-0.4, -0.2) is 47.6 Å². The number of hydrogen-bond donors (Lipinski definition) is 4. The summed E-state index contributed by atoms with van der Waals surface area (Å²) in [7, 11) is 0. The van der Waals surface area contributed by atoms with Gasteiger partial charge in [-0.05, 0) is 30.4 Å². The lowest BCUT2D eigenvalue weighted by Gasteiger charge is -2.31. The molecule has 3 unspecified atom stereocenters. The average Bonchev–Trinajstić information content (AvgIpc) is 2.88. The zero-order valence-corrected chi connectivity index (χ0v) is 21.2. The van der Waals surface area contributed by atoms with E-state index >= 15 is 0 Å². The predicted molar refractivity (Wildman–Crippen MR) is 134 cm³/mol. The summed E-state index contributed by atoms with van der Waals surface area (Å²) in [6, 6.07) is 16.5. The molecule has 0 spiro atoms. The number of hydrogen-bond acceptors (Lipinski definition) is 5. The highest BCUT2D eigenvalue weighted by molar-refractivity contribution is 5.99. The van der Waals surface area contributed by atoms with Gasteiger partial charge in [-0.3, -0.25) is 9.59 Å². The zero-order chi connectivity index (χ0) is 27.4. The molecule has 0 saturated heterocycles. The smallest absolute Gasteiger partial charge is 0.407 e. The number of carbonyl (C=O) groups is 3. The summed E-state index contributed by atoms with van der Waals surface area (Å²) in [4.78, 5) is 36.8. The lowest BCUT2D eigenvalue weighted by molar-refractivity contribution is -0.141. The highest BCUT2D eigenvalue weighted by atomic mass is 19.3. The number of aliphatic hydroxyl groups is 1. The zero-order valence-electron chi connectivity index (χ0n) is 21.2. The summed E-state index contributed by atoms with van der Waals surface area (Å²) >= 11 is 0. The summed E-state index contributed by atoms with van der Waals surface area (Å²) in [5.41, 5.74) is 1.54. The minimum absolute atomic E-state index is 0.0451. The number of ether oxygens (including phenoxy) is 1. The average molecular weight is 520 g/mol. The normalized spacial score (nSPS) is 13.8. The first kappa shape index (κ1) is 29.7. The fourth-order valence-electron chi connectivity index (χ4n) is 3.50. The molecule has 2 rings (SSSR count). The summed E-state index contributed by atoms with van der Waals surface area (Å²) in [5, 5.41) is 17.4. The number of alkyl carbamates (subject to hydrolysis) is 1. The van der Waals surface area contributed by atoms with Gasteiger partial charge in [0.2, 0.25) is 11.8 Å². The third kappa shape index (κ3) is 10.2. The minimum atomic E-state index is -3.79. The molecule has 8 nitrogen and oxygen atoms in total. The van der Waals surface area contributed by atoms with E-state index in [0.29, 0.717) is 5.56 Å². The Bertz CT molecular complexity index is 1010. The van der Waals surface area contributed by atoms with E-state index in [2.05, 4.69) is 10.6 Å². The maximum atomic E-state index is 14.9. The van der Waals surface area contributed by atoms with Crippen LogP contribution in [0.5, 0.6) is 0 Å². The van der Waals surface area contributed by atoms with Crippen molar-refractivity contribution < 1.29 is 33.0 Å². The van der Waals surface area contributed by atoms with E-state index in [4.69, 9.17) is 4.74 Å². The molecule has 0 bridgehead atoms. The Hall–Kier alpha value is -3.53. The van der Waals surface area contributed by atoms with Gasteiger partial charge in [0.15, 0.2) is 0 Å². The van der Waals surface area contributed by atoms with E-state index < -0.39 is 48.4 Å². The van der Waals surface area contributed by atoms with Crippen molar-refractivity contribution in [2.45, 2.75) is 58.4 Å². The minimum Gasteiger partial charge on any atom is -0.445 e. The van der Waals surface area contributed by atoms with Crippen molar-refractivity contribution in [2.75, 3.05) is 6.54 Å². The van der Waals surface area contributed by atoms with E-state index in [0.717, 1.165) is 5.56 Å². The fourth-order valence-corrected chi connectivity index (χ4v) is 3.50. The second-order valence-electron chi connectivity index (χ2n) is 9.29. The molecule has 2 aromatic rings. The van der Waals surface area contributed by atoms with E-state index in [1.54, 1.807) is 68.4 Å². The molecule has 0 aliphatic carbocycles. The Morgan fingerprint density at radius 2 is 1.43 bits per heavy atom. The van der Waals surface area contributed by atoms with Crippen molar-refractivity contribution in [1.29, 1.82) is 0 Å². The summed E-state index contributed by atoms with van der Waals surface area (Å²) < 4.78 is 34.8. The van der Waals surface area contributed by atoms with Crippen LogP contribution >= 0.6 is 0 Å². The molecule has 0 heterocycles. The molecular weight excluding hydrogens is 484 g/mol. The van der Waals surface area contributed by atoms with Gasteiger partial charge in [-0.15, -0.1) is 0 Å². The molecule has 37 heavy (non-hydrogen) atoms. The summed E-state index contributed by atoms with van der Waals surface area (Å²) in [5.74, 6) is -6.68. The number of alkyl halides is 2. The van der Waals surface area contributed by atoms with Crippen molar-refractivity contribution in [1.82, 2.24) is 16.0 Å². The number of aliphatic hydroxyl groups excluding tert-OH is 1. The van der Waals surface area contributed by atoms with Gasteiger partial charge in [0.25, 0.3) is 5.92 Å². The van der Waals surface area contributed by atoms with Crippen LogP contribution in [0.1, 0.15) is 38.3 Å². The molecule has 4 N–H and O–H groups in total. The highest BCUT2D eigenvalue weighted by Gasteiger charge is 2.44. The molecule has 0 saturated carbocycles. The maximum Gasteiger partial charge on any atom is 0.407 e. The summed E-state index contributed by atoms with van der Waals surface area (Å²) in [6.45, 7) is 3.73. The largest absolute Gasteiger partial charge is 0.445 e. The molecule has 0 aliphatic heterocycles. The number of halogens is 2. The molecule has 0 fully saturated rings. The fraction of sp³-hybridized carbons (Fsp3) is 0.444. The van der Waals surface area contributed by atoms with Crippen LogP contribution in [0.4, 0.5) is 13.6 Å². The topological polar surface area (TPSA) is 117 Å². The van der Waals surface area contributed by atoms with Crippen LogP contribution in [0.3, 0.4) is 0 Å². The third-order valence-electron chi connectivity index (χ3n) is 5.65.